The molecule has 0 bridgehead atoms. The van der Waals surface area contributed by atoms with E-state index >= 15 is 0 Å². The van der Waals surface area contributed by atoms with Gasteiger partial charge in [-0.15, -0.1) is 0 Å². The summed E-state index contributed by atoms with van der Waals surface area (Å²) >= 11 is 9.62. The molecule has 2 rings (SSSR count). The van der Waals surface area contributed by atoms with E-state index < -0.39 is 0 Å². The van der Waals surface area contributed by atoms with Gasteiger partial charge in [-0.3, -0.25) is 0 Å². The van der Waals surface area contributed by atoms with E-state index in [4.69, 9.17) is 21.1 Å². The maximum absolute atomic E-state index is 13.9. The van der Waals surface area contributed by atoms with E-state index in [1.54, 1.807) is 19.2 Å². The summed E-state index contributed by atoms with van der Waals surface area (Å²) in [7, 11) is 1.59. The Balaban J connectivity index is 2.08. The lowest BCUT2D eigenvalue weighted by atomic mass is 10.1. The predicted molar refractivity (Wildman–Crippen MR) is 108 cm³/mol. The van der Waals surface area contributed by atoms with Gasteiger partial charge in [0.25, 0.3) is 0 Å². The average molecular weight is 445 g/mol. The van der Waals surface area contributed by atoms with Crippen LogP contribution in [-0.4, -0.2) is 13.7 Å². The highest BCUT2D eigenvalue weighted by molar-refractivity contribution is 9.10. The molecule has 0 unspecified atom stereocenters. The van der Waals surface area contributed by atoms with Gasteiger partial charge in [-0.25, -0.2) is 4.39 Å². The van der Waals surface area contributed by atoms with Gasteiger partial charge in [-0.1, -0.05) is 47.4 Å². The van der Waals surface area contributed by atoms with Crippen molar-refractivity contribution in [2.45, 2.75) is 33.4 Å². The first-order valence-corrected chi connectivity index (χ1v) is 9.72. The van der Waals surface area contributed by atoms with Crippen LogP contribution in [0.4, 0.5) is 4.39 Å². The molecule has 0 saturated heterocycles. The van der Waals surface area contributed by atoms with Crippen LogP contribution in [0.3, 0.4) is 0 Å². The zero-order chi connectivity index (χ0) is 19.1. The Hall–Kier alpha value is -1.30. The van der Waals surface area contributed by atoms with E-state index in [2.05, 4.69) is 35.1 Å². The Bertz CT molecular complexity index is 720. The van der Waals surface area contributed by atoms with Gasteiger partial charge in [0.2, 0.25) is 0 Å². The Kier molecular flexibility index (Phi) is 8.19. The molecule has 0 aliphatic carbocycles. The van der Waals surface area contributed by atoms with Crippen molar-refractivity contribution in [1.29, 1.82) is 0 Å². The predicted octanol–water partition coefficient (Wildman–Crippen LogP) is 5.96. The largest absolute Gasteiger partial charge is 0.493 e. The van der Waals surface area contributed by atoms with Crippen LogP contribution in [0.2, 0.25) is 5.02 Å². The standard InChI is InChI=1S/C20H24BrClFNO2/c1-13(2)7-8-24-11-14-9-19(25-3)20(10-16(14)21)26-12-15-17(22)5-4-6-18(15)23/h4-6,9-10,13,24H,7-8,11-12H2,1-3H3. The Labute approximate surface area is 168 Å². The zero-order valence-electron chi connectivity index (χ0n) is 15.2. The first kappa shape index (κ1) is 21.0. The maximum Gasteiger partial charge on any atom is 0.162 e. The molecule has 0 heterocycles. The van der Waals surface area contributed by atoms with Crippen molar-refractivity contribution in [2.75, 3.05) is 13.7 Å². The summed E-state index contributed by atoms with van der Waals surface area (Å²) in [6.07, 6.45) is 1.12. The SMILES string of the molecule is COc1cc(CNCCC(C)C)c(Br)cc1OCc1c(F)cccc1Cl. The number of methoxy groups -OCH3 is 1. The molecule has 0 atom stereocenters. The van der Waals surface area contributed by atoms with Crippen molar-refractivity contribution in [3.05, 3.63) is 56.8 Å². The highest BCUT2D eigenvalue weighted by atomic mass is 79.9. The summed E-state index contributed by atoms with van der Waals surface area (Å²) in [5, 5.41) is 3.77. The molecule has 0 amide bonds. The second-order valence-electron chi connectivity index (χ2n) is 6.44. The van der Waals surface area contributed by atoms with Gasteiger partial charge in [0.05, 0.1) is 12.1 Å². The van der Waals surface area contributed by atoms with Gasteiger partial charge in [0.1, 0.15) is 12.4 Å². The van der Waals surface area contributed by atoms with Crippen LogP contribution in [0.15, 0.2) is 34.8 Å². The van der Waals surface area contributed by atoms with Crippen molar-refractivity contribution in [3.63, 3.8) is 0 Å². The van der Waals surface area contributed by atoms with Gasteiger partial charge >= 0.3 is 0 Å². The molecular formula is C20H24BrClFNO2. The van der Waals surface area contributed by atoms with Crippen LogP contribution in [-0.2, 0) is 13.2 Å². The van der Waals surface area contributed by atoms with E-state index in [9.17, 15) is 4.39 Å². The first-order chi connectivity index (χ1) is 12.4. The van der Waals surface area contributed by atoms with Crippen LogP contribution in [0.1, 0.15) is 31.4 Å². The van der Waals surface area contributed by atoms with E-state index in [1.807, 2.05) is 12.1 Å². The van der Waals surface area contributed by atoms with E-state index in [1.165, 1.54) is 6.07 Å². The van der Waals surface area contributed by atoms with Crippen molar-refractivity contribution >= 4 is 27.5 Å². The highest BCUT2D eigenvalue weighted by Crippen LogP contribution is 2.34. The fourth-order valence-electron chi connectivity index (χ4n) is 2.42. The molecule has 0 saturated carbocycles. The molecule has 3 nitrogen and oxygen atoms in total. The smallest absolute Gasteiger partial charge is 0.162 e. The van der Waals surface area contributed by atoms with Gasteiger partial charge < -0.3 is 14.8 Å². The number of nitrogens with one attached hydrogen (secondary N) is 1. The molecule has 2 aromatic rings. The van der Waals surface area contributed by atoms with Crippen LogP contribution in [0, 0.1) is 11.7 Å². The molecule has 0 fully saturated rings. The van der Waals surface area contributed by atoms with E-state index in [-0.39, 0.29) is 12.4 Å². The summed E-state index contributed by atoms with van der Waals surface area (Å²) < 4.78 is 26.0. The summed E-state index contributed by atoms with van der Waals surface area (Å²) in [6, 6.07) is 8.34. The van der Waals surface area contributed by atoms with Crippen LogP contribution >= 0.6 is 27.5 Å². The monoisotopic (exact) mass is 443 g/mol. The van der Waals surface area contributed by atoms with Crippen LogP contribution in [0.5, 0.6) is 11.5 Å². The fraction of sp³-hybridized carbons (Fsp3) is 0.400. The van der Waals surface area contributed by atoms with Crippen molar-refractivity contribution < 1.29 is 13.9 Å². The topological polar surface area (TPSA) is 30.5 Å². The quantitative estimate of drug-likeness (QED) is 0.484. The second-order valence-corrected chi connectivity index (χ2v) is 7.70. The second kappa shape index (κ2) is 10.1. The number of benzene rings is 2. The number of hydrogen-bond acceptors (Lipinski definition) is 3. The lowest BCUT2D eigenvalue weighted by Crippen LogP contribution is -2.16. The minimum atomic E-state index is -0.387. The summed E-state index contributed by atoms with van der Waals surface area (Å²) in [5.74, 6) is 1.41. The third kappa shape index (κ3) is 5.86. The van der Waals surface area contributed by atoms with Gasteiger partial charge in [0.15, 0.2) is 11.5 Å². The Morgan fingerprint density at radius 3 is 2.65 bits per heavy atom. The van der Waals surface area contributed by atoms with Gasteiger partial charge in [-0.05, 0) is 48.7 Å². The minimum absolute atomic E-state index is 0.0281. The molecule has 2 aromatic carbocycles. The molecule has 142 valence electrons. The first-order valence-electron chi connectivity index (χ1n) is 8.55. The lowest BCUT2D eigenvalue weighted by molar-refractivity contribution is 0.279. The molecule has 0 radical (unpaired) electrons. The lowest BCUT2D eigenvalue weighted by Gasteiger charge is -2.15. The summed E-state index contributed by atoms with van der Waals surface area (Å²) in [4.78, 5) is 0. The van der Waals surface area contributed by atoms with Crippen LogP contribution < -0.4 is 14.8 Å². The zero-order valence-corrected chi connectivity index (χ0v) is 17.6. The molecular weight excluding hydrogens is 421 g/mol. The molecule has 1 N–H and O–H groups in total. The van der Waals surface area contributed by atoms with Gasteiger partial charge in [0, 0.05) is 16.6 Å². The summed E-state index contributed by atoms with van der Waals surface area (Å²) in [5.41, 5.74) is 1.40. The number of halogens is 3. The molecule has 26 heavy (non-hydrogen) atoms. The average Bonchev–Trinajstić information content (AvgIpc) is 2.59. The molecule has 0 spiro atoms. The molecule has 0 aromatic heterocycles. The maximum atomic E-state index is 13.9. The normalized spacial score (nSPS) is 11.0. The molecule has 0 aliphatic rings. The molecule has 0 aliphatic heterocycles. The van der Waals surface area contributed by atoms with Gasteiger partial charge in [-0.2, -0.15) is 0 Å². The Morgan fingerprint density at radius 1 is 1.23 bits per heavy atom. The third-order valence-electron chi connectivity index (χ3n) is 3.98. The fourth-order valence-corrected chi connectivity index (χ4v) is 3.10. The highest BCUT2D eigenvalue weighted by Gasteiger charge is 2.13. The number of ether oxygens (including phenoxy) is 2. The molecule has 6 heteroatoms. The third-order valence-corrected chi connectivity index (χ3v) is 5.07. The minimum Gasteiger partial charge on any atom is -0.493 e. The van der Waals surface area contributed by atoms with Crippen molar-refractivity contribution in [2.24, 2.45) is 5.92 Å². The van der Waals surface area contributed by atoms with E-state index in [0.717, 1.165) is 29.5 Å². The number of hydrogen-bond donors (Lipinski definition) is 1. The van der Waals surface area contributed by atoms with Crippen molar-refractivity contribution in [3.8, 4) is 11.5 Å². The van der Waals surface area contributed by atoms with Crippen molar-refractivity contribution in [1.82, 2.24) is 5.32 Å². The van der Waals surface area contributed by atoms with E-state index in [0.29, 0.717) is 28.0 Å². The number of rotatable bonds is 9. The summed E-state index contributed by atoms with van der Waals surface area (Å²) in [6.45, 7) is 6.11. The Morgan fingerprint density at radius 2 is 2.00 bits per heavy atom. The van der Waals surface area contributed by atoms with Crippen LogP contribution in [0.25, 0.3) is 0 Å².